The van der Waals surface area contributed by atoms with Gasteiger partial charge in [-0.25, -0.2) is 0 Å². The smallest absolute Gasteiger partial charge is 0.0655 e. The van der Waals surface area contributed by atoms with Gasteiger partial charge >= 0.3 is 0 Å². The number of fused-ring (bicyclic) bond motifs is 1. The first kappa shape index (κ1) is 6.88. The molecule has 0 aromatic heterocycles. The van der Waals surface area contributed by atoms with Crippen molar-refractivity contribution in [2.75, 3.05) is 0 Å². The molecule has 0 spiro atoms. The molecule has 0 radical (unpaired) electrons. The van der Waals surface area contributed by atoms with Gasteiger partial charge in [0, 0.05) is 22.3 Å². The Morgan fingerprint density at radius 1 is 1.27 bits per heavy atom. The monoisotopic (exact) mass is 181 g/mol. The molecule has 56 valence electrons. The van der Waals surface area contributed by atoms with Gasteiger partial charge in [0.2, 0.25) is 0 Å². The van der Waals surface area contributed by atoms with Crippen LogP contribution in [0, 0.1) is 0 Å². The Kier molecular flexibility index (Phi) is 1.92. The van der Waals surface area contributed by atoms with Gasteiger partial charge in [-0.1, -0.05) is 0 Å². The van der Waals surface area contributed by atoms with Crippen LogP contribution in [0.4, 0.5) is 0 Å². The van der Waals surface area contributed by atoms with Crippen LogP contribution in [0.25, 0.3) is 10.6 Å². The molecular weight excluding hydrogens is 174 g/mol. The predicted molar refractivity (Wildman–Crippen MR) is 50.8 cm³/mol. The standard InChI is InChI=1S/C8H7NS2/c1-2-8-7(9-3-1)6-10-4-5-11-8/h1-6,9H. The molecule has 0 aromatic carbocycles. The van der Waals surface area contributed by atoms with Crippen LogP contribution in [0.1, 0.15) is 0 Å². The van der Waals surface area contributed by atoms with Gasteiger partial charge in [-0.2, -0.15) is 0 Å². The van der Waals surface area contributed by atoms with Gasteiger partial charge in [-0.05, 0) is 12.1 Å². The average Bonchev–Trinajstić information content (AvgIpc) is 2.28. The quantitative estimate of drug-likeness (QED) is 0.641. The lowest BCUT2D eigenvalue weighted by Gasteiger charge is -1.96. The van der Waals surface area contributed by atoms with E-state index in [9.17, 15) is 0 Å². The van der Waals surface area contributed by atoms with Gasteiger partial charge in [0.1, 0.15) is 0 Å². The van der Waals surface area contributed by atoms with Crippen molar-refractivity contribution in [3.05, 3.63) is 34.5 Å². The first-order chi connectivity index (χ1) is 5.47. The maximum Gasteiger partial charge on any atom is 0.0655 e. The minimum atomic E-state index is 1.20. The van der Waals surface area contributed by atoms with Crippen LogP contribution in [0.5, 0.6) is 0 Å². The van der Waals surface area contributed by atoms with Crippen molar-refractivity contribution >= 4 is 22.7 Å². The van der Waals surface area contributed by atoms with Gasteiger partial charge in [0.25, 0.3) is 0 Å². The van der Waals surface area contributed by atoms with E-state index in [1.807, 2.05) is 12.3 Å². The van der Waals surface area contributed by atoms with Crippen molar-refractivity contribution in [3.8, 4) is 10.6 Å². The molecule has 0 unspecified atom stereocenters. The fourth-order valence-corrected chi connectivity index (χ4v) is 2.38. The molecule has 0 saturated heterocycles. The third kappa shape index (κ3) is 1.44. The highest BCUT2D eigenvalue weighted by atomic mass is 32.1. The summed E-state index contributed by atoms with van der Waals surface area (Å²) in [5.74, 6) is 0. The molecule has 2 aliphatic rings. The van der Waals surface area contributed by atoms with E-state index in [0.29, 0.717) is 0 Å². The van der Waals surface area contributed by atoms with Gasteiger partial charge < -0.3 is 4.98 Å². The van der Waals surface area contributed by atoms with Crippen LogP contribution in [0.3, 0.4) is 0 Å². The summed E-state index contributed by atoms with van der Waals surface area (Å²) in [6.07, 6.45) is 1.95. The highest BCUT2D eigenvalue weighted by Gasteiger charge is 1.94. The first-order valence-corrected chi connectivity index (χ1v) is 5.10. The second kappa shape index (κ2) is 3.07. The Labute approximate surface area is 73.0 Å². The van der Waals surface area contributed by atoms with Gasteiger partial charge in [-0.3, -0.25) is 0 Å². The highest BCUT2D eigenvalue weighted by Crippen LogP contribution is 2.22. The van der Waals surface area contributed by atoms with Crippen LogP contribution in [-0.2, 0) is 0 Å². The zero-order valence-electron chi connectivity index (χ0n) is 5.78. The van der Waals surface area contributed by atoms with Crippen molar-refractivity contribution in [2.24, 2.45) is 0 Å². The summed E-state index contributed by atoms with van der Waals surface area (Å²) in [4.78, 5) is 4.48. The third-order valence-corrected chi connectivity index (χ3v) is 3.08. The van der Waals surface area contributed by atoms with E-state index in [4.69, 9.17) is 0 Å². The average molecular weight is 181 g/mol. The zero-order chi connectivity index (χ0) is 7.52. The van der Waals surface area contributed by atoms with Crippen molar-refractivity contribution in [3.63, 3.8) is 0 Å². The lowest BCUT2D eigenvalue weighted by Crippen LogP contribution is -1.76. The number of H-pyrrole nitrogens is 1. The van der Waals surface area contributed by atoms with Crippen LogP contribution in [0.15, 0.2) is 34.5 Å². The zero-order valence-corrected chi connectivity index (χ0v) is 7.41. The largest absolute Gasteiger partial charge is 0.360 e. The summed E-state index contributed by atoms with van der Waals surface area (Å²) in [5, 5.41) is 6.30. The predicted octanol–water partition coefficient (Wildman–Crippen LogP) is 3.37. The minimum absolute atomic E-state index is 1.20. The SMILES string of the molecule is c1c[nH]c2csccsc-2c1. The van der Waals surface area contributed by atoms with E-state index in [1.165, 1.54) is 10.6 Å². The molecule has 2 rings (SSSR count). The summed E-state index contributed by atoms with van der Waals surface area (Å²) in [7, 11) is 0. The number of pyridine rings is 1. The molecule has 0 bridgehead atoms. The topological polar surface area (TPSA) is 15.8 Å². The normalized spacial score (nSPS) is 9.82. The lowest BCUT2D eigenvalue weighted by molar-refractivity contribution is 1.35. The van der Waals surface area contributed by atoms with Gasteiger partial charge in [0.15, 0.2) is 0 Å². The molecule has 0 atom stereocenters. The van der Waals surface area contributed by atoms with E-state index in [2.05, 4.69) is 27.2 Å². The Balaban J connectivity index is 2.75. The molecule has 11 heavy (non-hydrogen) atoms. The van der Waals surface area contributed by atoms with E-state index < -0.39 is 0 Å². The Bertz CT molecular complexity index is 311. The van der Waals surface area contributed by atoms with E-state index in [1.54, 1.807) is 22.7 Å². The van der Waals surface area contributed by atoms with Crippen LogP contribution in [0.2, 0.25) is 0 Å². The number of hydrogen-bond acceptors (Lipinski definition) is 2. The Morgan fingerprint density at radius 2 is 2.27 bits per heavy atom. The van der Waals surface area contributed by atoms with Crippen LogP contribution in [-0.4, -0.2) is 4.98 Å². The van der Waals surface area contributed by atoms with E-state index >= 15 is 0 Å². The van der Waals surface area contributed by atoms with Gasteiger partial charge in [-0.15, -0.1) is 22.7 Å². The molecule has 3 heteroatoms. The first-order valence-electron chi connectivity index (χ1n) is 3.28. The summed E-state index contributed by atoms with van der Waals surface area (Å²) in [6, 6.07) is 4.13. The van der Waals surface area contributed by atoms with E-state index in [-0.39, 0.29) is 0 Å². The molecule has 0 aromatic rings. The molecule has 0 fully saturated rings. The van der Waals surface area contributed by atoms with E-state index in [0.717, 1.165) is 0 Å². The lowest BCUT2D eigenvalue weighted by atomic mass is 10.3. The van der Waals surface area contributed by atoms with Crippen LogP contribution < -0.4 is 0 Å². The van der Waals surface area contributed by atoms with Crippen molar-refractivity contribution < 1.29 is 0 Å². The Hall–Kier alpha value is -0.800. The highest BCUT2D eigenvalue weighted by molar-refractivity contribution is 7.16. The number of nitrogens with one attached hydrogen (secondary N) is 1. The molecule has 2 aliphatic heterocycles. The van der Waals surface area contributed by atoms with Gasteiger partial charge in [0.05, 0.1) is 10.6 Å². The van der Waals surface area contributed by atoms with Crippen molar-refractivity contribution in [1.82, 2.24) is 4.98 Å². The fourth-order valence-electron chi connectivity index (χ4n) is 0.870. The molecule has 0 amide bonds. The molecule has 0 saturated carbocycles. The maximum absolute atomic E-state index is 3.19. The fraction of sp³-hybridized carbons (Fsp3) is 0. The molecule has 1 N–H and O–H groups in total. The minimum Gasteiger partial charge on any atom is -0.360 e. The molecular formula is C8H7NS2. The molecule has 0 aliphatic carbocycles. The molecule has 1 nitrogen and oxygen atoms in total. The maximum atomic E-state index is 3.19. The Morgan fingerprint density at radius 3 is 3.27 bits per heavy atom. The summed E-state index contributed by atoms with van der Waals surface area (Å²) in [5.41, 5.74) is 1.20. The number of aromatic amines is 1. The summed E-state index contributed by atoms with van der Waals surface area (Å²) < 4.78 is 0. The third-order valence-electron chi connectivity index (χ3n) is 1.36. The number of rotatable bonds is 0. The second-order valence-electron chi connectivity index (χ2n) is 2.09. The molecule has 2 heterocycles. The number of hydrogen-bond donors (Lipinski definition) is 1. The van der Waals surface area contributed by atoms with Crippen LogP contribution >= 0.6 is 22.7 Å². The number of aromatic nitrogens is 1. The summed E-state index contributed by atoms with van der Waals surface area (Å²) >= 11 is 3.45. The summed E-state index contributed by atoms with van der Waals surface area (Å²) in [6.45, 7) is 0. The van der Waals surface area contributed by atoms with Crippen molar-refractivity contribution in [1.29, 1.82) is 0 Å². The second-order valence-corrected chi connectivity index (χ2v) is 3.82. The van der Waals surface area contributed by atoms with Crippen molar-refractivity contribution in [2.45, 2.75) is 0 Å².